The first-order valence-electron chi connectivity index (χ1n) is 9.01. The second-order valence-electron chi connectivity index (χ2n) is 6.69. The predicted octanol–water partition coefficient (Wildman–Crippen LogP) is 2.07. The quantitative estimate of drug-likeness (QED) is 0.725. The molecule has 2 aliphatic rings. The van der Waals surface area contributed by atoms with Crippen LogP contribution in [0.15, 0.2) is 23.3 Å². The fourth-order valence-electron chi connectivity index (χ4n) is 3.69. The van der Waals surface area contributed by atoms with Crippen molar-refractivity contribution >= 4 is 29.6 Å². The third-order valence-corrected chi connectivity index (χ3v) is 5.45. The van der Waals surface area contributed by atoms with E-state index in [2.05, 4.69) is 9.89 Å². The van der Waals surface area contributed by atoms with E-state index in [0.717, 1.165) is 11.1 Å². The lowest BCUT2D eigenvalue weighted by atomic mass is 9.94. The highest BCUT2D eigenvalue weighted by Crippen LogP contribution is 2.42. The first-order chi connectivity index (χ1) is 13.5. The molecule has 1 atom stereocenters. The number of ether oxygens (including phenoxy) is 3. The van der Waals surface area contributed by atoms with E-state index in [-0.39, 0.29) is 18.0 Å². The minimum absolute atomic E-state index is 0.0918. The van der Waals surface area contributed by atoms with Gasteiger partial charge in [0.15, 0.2) is 11.5 Å². The molecule has 1 fully saturated rings. The van der Waals surface area contributed by atoms with Crippen LogP contribution in [-0.2, 0) is 4.79 Å². The SMILES string of the molecule is COc1cc(C2=CN=CN(Cl)C2N2CCC(C(N)=O)CC2)cc(OC)c1OC. The standard InChI is InChI=1S/C19H25ClN4O4/c1-26-15-8-13(9-16(27-2)17(15)28-3)14-10-22-11-24(20)19(14)23-6-4-12(5-7-23)18(21)25/h8-12,19H,4-7H2,1-3H3,(H2,21,25). The van der Waals surface area contributed by atoms with Crippen LogP contribution in [0.2, 0.25) is 0 Å². The number of primary amides is 1. The molecule has 0 saturated carbocycles. The Balaban J connectivity index is 1.94. The lowest BCUT2D eigenvalue weighted by molar-refractivity contribution is -0.123. The maximum absolute atomic E-state index is 11.5. The van der Waals surface area contributed by atoms with Crippen LogP contribution in [0.1, 0.15) is 18.4 Å². The van der Waals surface area contributed by atoms with Crippen molar-refractivity contribution in [2.24, 2.45) is 16.6 Å². The second kappa shape index (κ2) is 8.70. The summed E-state index contributed by atoms with van der Waals surface area (Å²) in [4.78, 5) is 17.9. The average Bonchev–Trinajstić information content (AvgIpc) is 2.72. The number of amides is 1. The highest BCUT2D eigenvalue weighted by molar-refractivity contribution is 6.20. The minimum Gasteiger partial charge on any atom is -0.493 e. The number of halogens is 1. The third kappa shape index (κ3) is 3.88. The summed E-state index contributed by atoms with van der Waals surface area (Å²) in [5.74, 6) is 1.30. The van der Waals surface area contributed by atoms with Crippen molar-refractivity contribution in [3.8, 4) is 17.2 Å². The summed E-state index contributed by atoms with van der Waals surface area (Å²) in [6.45, 7) is 1.41. The molecule has 0 radical (unpaired) electrons. The molecule has 8 nitrogen and oxygen atoms in total. The number of carbonyl (C=O) groups excluding carboxylic acids is 1. The van der Waals surface area contributed by atoms with Crippen molar-refractivity contribution in [2.75, 3.05) is 34.4 Å². The average molecular weight is 409 g/mol. The van der Waals surface area contributed by atoms with Gasteiger partial charge in [-0.2, -0.15) is 0 Å². The Morgan fingerprint density at radius 1 is 1.14 bits per heavy atom. The van der Waals surface area contributed by atoms with E-state index >= 15 is 0 Å². The first-order valence-corrected chi connectivity index (χ1v) is 9.35. The van der Waals surface area contributed by atoms with Gasteiger partial charge in [0, 0.05) is 42.6 Å². The molecule has 1 unspecified atom stereocenters. The van der Waals surface area contributed by atoms with Crippen molar-refractivity contribution < 1.29 is 19.0 Å². The van der Waals surface area contributed by atoms with Gasteiger partial charge in [-0.1, -0.05) is 0 Å². The molecule has 0 bridgehead atoms. The number of nitrogens with two attached hydrogens (primary N) is 1. The van der Waals surface area contributed by atoms with Gasteiger partial charge in [0.1, 0.15) is 12.5 Å². The molecule has 1 amide bonds. The fraction of sp³-hybridized carbons (Fsp3) is 0.474. The number of benzene rings is 1. The molecule has 1 aromatic carbocycles. The summed E-state index contributed by atoms with van der Waals surface area (Å²) in [5.41, 5.74) is 7.22. The molecule has 2 heterocycles. The second-order valence-corrected chi connectivity index (χ2v) is 7.08. The van der Waals surface area contributed by atoms with Gasteiger partial charge in [0.05, 0.1) is 21.3 Å². The molecule has 1 aromatic rings. The summed E-state index contributed by atoms with van der Waals surface area (Å²) in [5, 5.41) is 0. The summed E-state index contributed by atoms with van der Waals surface area (Å²) in [7, 11) is 4.72. The highest BCUT2D eigenvalue weighted by Gasteiger charge is 2.34. The highest BCUT2D eigenvalue weighted by atomic mass is 35.5. The van der Waals surface area contributed by atoms with Gasteiger partial charge < -0.3 is 19.9 Å². The molecule has 3 rings (SSSR count). The number of aliphatic imine (C=N–C) groups is 1. The van der Waals surface area contributed by atoms with Crippen molar-refractivity contribution in [3.05, 3.63) is 23.9 Å². The van der Waals surface area contributed by atoms with Crippen LogP contribution in [0.4, 0.5) is 0 Å². The van der Waals surface area contributed by atoms with Crippen LogP contribution in [0, 0.1) is 5.92 Å². The normalized spacial score (nSPS) is 20.6. The molecular weight excluding hydrogens is 384 g/mol. The molecule has 1 saturated heterocycles. The van der Waals surface area contributed by atoms with Crippen LogP contribution < -0.4 is 19.9 Å². The molecule has 0 aromatic heterocycles. The van der Waals surface area contributed by atoms with Gasteiger partial charge in [0.2, 0.25) is 11.7 Å². The summed E-state index contributed by atoms with van der Waals surface area (Å²) in [6, 6.07) is 3.75. The zero-order chi connectivity index (χ0) is 20.3. The monoisotopic (exact) mass is 408 g/mol. The van der Waals surface area contributed by atoms with Crippen LogP contribution in [0.5, 0.6) is 17.2 Å². The Labute approximate surface area is 169 Å². The van der Waals surface area contributed by atoms with Crippen LogP contribution in [0.3, 0.4) is 0 Å². The molecule has 152 valence electrons. The van der Waals surface area contributed by atoms with Crippen molar-refractivity contribution in [1.82, 2.24) is 9.32 Å². The van der Waals surface area contributed by atoms with Crippen LogP contribution in [-0.4, -0.2) is 62.1 Å². The maximum Gasteiger partial charge on any atom is 0.220 e. The zero-order valence-electron chi connectivity index (χ0n) is 16.2. The summed E-state index contributed by atoms with van der Waals surface area (Å²) < 4.78 is 17.9. The van der Waals surface area contributed by atoms with E-state index in [0.29, 0.717) is 43.2 Å². The molecule has 2 N–H and O–H groups in total. The zero-order valence-corrected chi connectivity index (χ0v) is 17.0. The smallest absolute Gasteiger partial charge is 0.220 e. The lowest BCUT2D eigenvalue weighted by Crippen LogP contribution is -2.50. The van der Waals surface area contributed by atoms with Crippen LogP contribution >= 0.6 is 11.8 Å². The third-order valence-electron chi connectivity index (χ3n) is 5.18. The number of methoxy groups -OCH3 is 3. The number of carbonyl (C=O) groups is 1. The Kier molecular flexibility index (Phi) is 6.31. The molecular formula is C19H25ClN4O4. The molecule has 9 heteroatoms. The van der Waals surface area contributed by atoms with Crippen LogP contribution in [0.25, 0.3) is 5.57 Å². The Hall–Kier alpha value is -2.45. The van der Waals surface area contributed by atoms with E-state index in [1.54, 1.807) is 38.3 Å². The van der Waals surface area contributed by atoms with Gasteiger partial charge in [-0.3, -0.25) is 14.1 Å². The Bertz CT molecular complexity index is 765. The Morgan fingerprint density at radius 3 is 2.25 bits per heavy atom. The summed E-state index contributed by atoms with van der Waals surface area (Å²) >= 11 is 6.49. The van der Waals surface area contributed by atoms with Gasteiger partial charge in [-0.25, -0.2) is 4.99 Å². The van der Waals surface area contributed by atoms with E-state index in [1.807, 2.05) is 12.1 Å². The van der Waals surface area contributed by atoms with Crippen molar-refractivity contribution in [1.29, 1.82) is 0 Å². The minimum atomic E-state index is -0.243. The molecule has 0 aliphatic carbocycles. The summed E-state index contributed by atoms with van der Waals surface area (Å²) in [6.07, 6.45) is 4.53. The van der Waals surface area contributed by atoms with Crippen molar-refractivity contribution in [3.63, 3.8) is 0 Å². The van der Waals surface area contributed by atoms with Crippen molar-refractivity contribution in [2.45, 2.75) is 19.0 Å². The topological polar surface area (TPSA) is 89.6 Å². The number of hydrogen-bond acceptors (Lipinski definition) is 7. The number of nitrogens with zero attached hydrogens (tertiary/aromatic N) is 3. The number of piperidine rings is 1. The largest absolute Gasteiger partial charge is 0.493 e. The van der Waals surface area contributed by atoms with E-state index < -0.39 is 0 Å². The fourth-order valence-corrected chi connectivity index (χ4v) is 3.97. The molecule has 2 aliphatic heterocycles. The van der Waals surface area contributed by atoms with Gasteiger partial charge >= 0.3 is 0 Å². The van der Waals surface area contributed by atoms with E-state index in [1.165, 1.54) is 0 Å². The van der Waals surface area contributed by atoms with Gasteiger partial charge in [0.25, 0.3) is 0 Å². The maximum atomic E-state index is 11.5. The van der Waals surface area contributed by atoms with Gasteiger partial charge in [-0.05, 0) is 30.5 Å². The number of hydrogen-bond donors (Lipinski definition) is 1. The Morgan fingerprint density at radius 2 is 1.75 bits per heavy atom. The molecule has 28 heavy (non-hydrogen) atoms. The van der Waals surface area contributed by atoms with E-state index in [4.69, 9.17) is 31.7 Å². The first kappa shape index (κ1) is 20.3. The number of rotatable bonds is 6. The lowest BCUT2D eigenvalue weighted by Gasteiger charge is -2.41. The number of likely N-dealkylation sites (tertiary alicyclic amines) is 1. The van der Waals surface area contributed by atoms with Gasteiger partial charge in [-0.15, -0.1) is 0 Å². The predicted molar refractivity (Wildman–Crippen MR) is 108 cm³/mol. The molecule has 0 spiro atoms. The van der Waals surface area contributed by atoms with E-state index in [9.17, 15) is 4.79 Å².